The first-order valence-electron chi connectivity index (χ1n) is 12.7. The van der Waals surface area contributed by atoms with Gasteiger partial charge in [-0.3, -0.25) is 13.9 Å². The molecule has 1 N–H and O–H groups in total. The lowest BCUT2D eigenvalue weighted by Crippen LogP contribution is -2.52. The van der Waals surface area contributed by atoms with Gasteiger partial charge in [0.05, 0.1) is 16.6 Å². The van der Waals surface area contributed by atoms with Crippen LogP contribution in [0.1, 0.15) is 48.2 Å². The van der Waals surface area contributed by atoms with Gasteiger partial charge in [-0.05, 0) is 67.3 Å². The van der Waals surface area contributed by atoms with Crippen molar-refractivity contribution in [1.29, 1.82) is 0 Å². The van der Waals surface area contributed by atoms with E-state index in [0.717, 1.165) is 11.1 Å². The third-order valence-electron chi connectivity index (χ3n) is 7.98. The fourth-order valence-electron chi connectivity index (χ4n) is 5.80. The van der Waals surface area contributed by atoms with Gasteiger partial charge >= 0.3 is 0 Å². The number of carbonyl (C=O) groups excluding carboxylic acids is 2. The van der Waals surface area contributed by atoms with Crippen LogP contribution in [0.25, 0.3) is 0 Å². The number of carbonyl (C=O) groups is 2. The Bertz CT molecular complexity index is 1480. The van der Waals surface area contributed by atoms with E-state index < -0.39 is 21.5 Å². The summed E-state index contributed by atoms with van der Waals surface area (Å²) >= 11 is 6.25. The summed E-state index contributed by atoms with van der Waals surface area (Å²) in [5, 5.41) is 3.51. The Morgan fingerprint density at radius 1 is 1.00 bits per heavy atom. The van der Waals surface area contributed by atoms with E-state index in [0.29, 0.717) is 42.2 Å². The van der Waals surface area contributed by atoms with Gasteiger partial charge in [0.25, 0.3) is 15.9 Å². The number of nitrogens with zero attached hydrogens (tertiary/aromatic N) is 2. The van der Waals surface area contributed by atoms with Crippen LogP contribution in [0.5, 0.6) is 0 Å². The molecule has 2 aliphatic heterocycles. The van der Waals surface area contributed by atoms with Gasteiger partial charge in [-0.1, -0.05) is 48.0 Å². The van der Waals surface area contributed by atoms with Crippen molar-refractivity contribution < 1.29 is 18.0 Å². The normalized spacial score (nSPS) is 18.3. The second-order valence-corrected chi connectivity index (χ2v) is 12.2. The zero-order chi connectivity index (χ0) is 27.1. The highest BCUT2D eigenvalue weighted by atomic mass is 35.5. The molecule has 0 aromatic heterocycles. The zero-order valence-corrected chi connectivity index (χ0v) is 22.9. The van der Waals surface area contributed by atoms with E-state index in [-0.39, 0.29) is 23.3 Å². The van der Waals surface area contributed by atoms with Crippen molar-refractivity contribution in [3.63, 3.8) is 0 Å². The third-order valence-corrected chi connectivity index (χ3v) is 10.2. The van der Waals surface area contributed by atoms with Crippen LogP contribution in [0.2, 0.25) is 5.02 Å². The molecule has 0 bridgehead atoms. The Kier molecular flexibility index (Phi) is 6.96. The third kappa shape index (κ3) is 4.46. The molecule has 0 saturated carbocycles. The first-order chi connectivity index (χ1) is 18.1. The van der Waals surface area contributed by atoms with E-state index in [1.807, 2.05) is 31.2 Å². The first-order valence-corrected chi connectivity index (χ1v) is 14.5. The van der Waals surface area contributed by atoms with Gasteiger partial charge in [0.2, 0.25) is 5.91 Å². The summed E-state index contributed by atoms with van der Waals surface area (Å²) < 4.78 is 29.3. The largest absolute Gasteiger partial charge is 0.348 e. The Morgan fingerprint density at radius 2 is 1.66 bits per heavy atom. The molecule has 1 fully saturated rings. The van der Waals surface area contributed by atoms with Crippen LogP contribution in [-0.2, 0) is 26.8 Å². The number of rotatable bonds is 5. The zero-order valence-electron chi connectivity index (χ0n) is 21.4. The van der Waals surface area contributed by atoms with Crippen LogP contribution in [0.4, 0.5) is 5.69 Å². The van der Waals surface area contributed by atoms with Crippen LogP contribution in [-0.4, -0.2) is 44.3 Å². The van der Waals surface area contributed by atoms with Gasteiger partial charge in [0.1, 0.15) is 0 Å². The topological polar surface area (TPSA) is 86.8 Å². The molecule has 0 aliphatic carbocycles. The molecule has 0 unspecified atom stereocenters. The molecule has 3 aromatic rings. The molecule has 198 valence electrons. The lowest BCUT2D eigenvalue weighted by Gasteiger charge is -2.43. The minimum absolute atomic E-state index is 0.00666. The highest BCUT2D eigenvalue weighted by molar-refractivity contribution is 7.92. The molecule has 38 heavy (non-hydrogen) atoms. The highest BCUT2D eigenvalue weighted by Gasteiger charge is 2.54. The van der Waals surface area contributed by atoms with Crippen molar-refractivity contribution in [2.75, 3.05) is 17.4 Å². The molecule has 1 atom stereocenters. The van der Waals surface area contributed by atoms with Crippen molar-refractivity contribution >= 4 is 39.1 Å². The molecule has 1 spiro atoms. The summed E-state index contributed by atoms with van der Waals surface area (Å²) in [4.78, 5) is 27.3. The van der Waals surface area contributed by atoms with Crippen molar-refractivity contribution in [2.45, 2.75) is 49.6 Å². The number of hydrogen-bond donors (Lipinski definition) is 1. The fourth-order valence-corrected chi connectivity index (χ4v) is 7.76. The molecule has 3 aromatic carbocycles. The predicted molar refractivity (Wildman–Crippen MR) is 148 cm³/mol. The van der Waals surface area contributed by atoms with Gasteiger partial charge in [-0.25, -0.2) is 8.42 Å². The maximum absolute atomic E-state index is 13.9. The van der Waals surface area contributed by atoms with Crippen molar-refractivity contribution in [2.24, 2.45) is 0 Å². The van der Waals surface area contributed by atoms with Crippen LogP contribution >= 0.6 is 11.6 Å². The summed E-state index contributed by atoms with van der Waals surface area (Å²) in [6.45, 7) is 4.82. The summed E-state index contributed by atoms with van der Waals surface area (Å²) in [5.74, 6) is -0.256. The summed E-state index contributed by atoms with van der Waals surface area (Å²) in [5.41, 5.74) is 2.15. The number of benzene rings is 3. The Labute approximate surface area is 228 Å². The molecule has 0 radical (unpaired) electrons. The number of fused-ring (bicyclic) bond motifs is 2. The van der Waals surface area contributed by atoms with E-state index in [1.165, 1.54) is 4.31 Å². The number of amides is 2. The highest BCUT2D eigenvalue weighted by Crippen LogP contribution is 2.53. The average molecular weight is 552 g/mol. The quantitative estimate of drug-likeness (QED) is 0.496. The molecule has 5 rings (SSSR count). The van der Waals surface area contributed by atoms with Gasteiger partial charge in [-0.15, -0.1) is 0 Å². The lowest BCUT2D eigenvalue weighted by atomic mass is 9.70. The molecule has 2 heterocycles. The summed E-state index contributed by atoms with van der Waals surface area (Å²) in [6.07, 6.45) is 1.21. The second kappa shape index (κ2) is 10.1. The minimum Gasteiger partial charge on any atom is -0.348 e. The van der Waals surface area contributed by atoms with Gasteiger partial charge in [-0.2, -0.15) is 0 Å². The Hall–Kier alpha value is -3.36. The molecular weight excluding hydrogens is 522 g/mol. The molecule has 9 heteroatoms. The first kappa shape index (κ1) is 26.3. The average Bonchev–Trinajstić information content (AvgIpc) is 3.16. The van der Waals surface area contributed by atoms with E-state index >= 15 is 0 Å². The fraction of sp³-hybridized carbons (Fsp3) is 0.310. The van der Waals surface area contributed by atoms with Crippen LogP contribution < -0.4 is 9.62 Å². The van der Waals surface area contributed by atoms with Crippen LogP contribution in [0.15, 0.2) is 77.7 Å². The van der Waals surface area contributed by atoms with Gasteiger partial charge in [0.15, 0.2) is 0 Å². The summed E-state index contributed by atoms with van der Waals surface area (Å²) in [6, 6.07) is 20.6. The minimum atomic E-state index is -3.85. The van der Waals surface area contributed by atoms with Crippen molar-refractivity contribution in [3.8, 4) is 0 Å². The predicted octanol–water partition coefficient (Wildman–Crippen LogP) is 4.75. The summed E-state index contributed by atoms with van der Waals surface area (Å²) in [7, 11) is -3.85. The van der Waals surface area contributed by atoms with E-state index in [1.54, 1.807) is 60.4 Å². The molecule has 1 saturated heterocycles. The van der Waals surface area contributed by atoms with Crippen molar-refractivity contribution in [3.05, 3.63) is 94.5 Å². The number of piperidine rings is 1. The maximum atomic E-state index is 13.9. The molecular formula is C29H30ClN3O4S. The lowest BCUT2D eigenvalue weighted by molar-refractivity contribution is -0.130. The maximum Gasteiger partial charge on any atom is 0.264 e. The van der Waals surface area contributed by atoms with Gasteiger partial charge < -0.3 is 10.2 Å². The standard InChI is InChI=1S/C29H30ClN3O4S/c1-20-29(14-16-32(17-15-29)21(2)34)25-18-22(28(35)31-19-23-8-6-7-11-26(23)30)12-13-27(25)33(20)38(36,37)24-9-4-3-5-10-24/h3-13,18,20H,14-17,19H2,1-2H3,(H,31,35)/t20-/m1/s1. The Morgan fingerprint density at radius 3 is 2.32 bits per heavy atom. The van der Waals surface area contributed by atoms with Gasteiger partial charge in [0, 0.05) is 42.6 Å². The van der Waals surface area contributed by atoms with Crippen LogP contribution in [0.3, 0.4) is 0 Å². The number of halogens is 1. The number of likely N-dealkylation sites (tertiary alicyclic amines) is 1. The molecule has 7 nitrogen and oxygen atoms in total. The number of sulfonamides is 1. The van der Waals surface area contributed by atoms with Crippen molar-refractivity contribution in [1.82, 2.24) is 10.2 Å². The molecule has 2 aliphatic rings. The van der Waals surface area contributed by atoms with E-state index in [2.05, 4.69) is 5.32 Å². The molecule has 2 amide bonds. The number of hydrogen-bond acceptors (Lipinski definition) is 4. The number of anilines is 1. The Balaban J connectivity index is 1.53. The SMILES string of the molecule is CC(=O)N1CCC2(CC1)c1cc(C(=O)NCc3ccccc3Cl)ccc1N(S(=O)(=O)c1ccccc1)[C@@H]2C. The van der Waals surface area contributed by atoms with Crippen LogP contribution in [0, 0.1) is 0 Å². The van der Waals surface area contributed by atoms with E-state index in [9.17, 15) is 18.0 Å². The monoisotopic (exact) mass is 551 g/mol. The smallest absolute Gasteiger partial charge is 0.264 e. The second-order valence-electron chi connectivity index (χ2n) is 9.96. The van der Waals surface area contributed by atoms with E-state index in [4.69, 9.17) is 11.6 Å². The number of nitrogens with one attached hydrogen (secondary N) is 1.